The van der Waals surface area contributed by atoms with Crippen LogP contribution in [0.15, 0.2) is 30.3 Å². The Hall–Kier alpha value is -1.50. The van der Waals surface area contributed by atoms with Gasteiger partial charge in [-0.3, -0.25) is 9.47 Å². The second-order valence-corrected chi connectivity index (χ2v) is 7.15. The predicted octanol–water partition coefficient (Wildman–Crippen LogP) is 3.35. The van der Waals surface area contributed by atoms with Gasteiger partial charge in [0.1, 0.15) is 5.82 Å². The quantitative estimate of drug-likeness (QED) is 0.779. The number of piperidine rings is 1. The SMILES string of the molecule is COC1CCN(Cn2nc(C3CC3)n(-c3ccccc3)c2=S)CC1. The number of aromatic nitrogens is 3. The maximum Gasteiger partial charge on any atom is 0.203 e. The van der Waals surface area contributed by atoms with Crippen molar-refractivity contribution in [2.45, 2.75) is 44.4 Å². The molecule has 128 valence electrons. The van der Waals surface area contributed by atoms with E-state index in [2.05, 4.69) is 33.7 Å². The van der Waals surface area contributed by atoms with Crippen LogP contribution < -0.4 is 0 Å². The van der Waals surface area contributed by atoms with Gasteiger partial charge in [-0.15, -0.1) is 0 Å². The largest absolute Gasteiger partial charge is 0.381 e. The molecular formula is C18H24N4OS. The Morgan fingerprint density at radius 2 is 1.83 bits per heavy atom. The summed E-state index contributed by atoms with van der Waals surface area (Å²) in [5.41, 5.74) is 1.12. The highest BCUT2D eigenvalue weighted by Gasteiger charge is 2.31. The number of para-hydroxylation sites is 1. The number of rotatable bonds is 5. The summed E-state index contributed by atoms with van der Waals surface area (Å²) in [5.74, 6) is 1.69. The summed E-state index contributed by atoms with van der Waals surface area (Å²) < 4.78 is 10.4. The molecule has 1 aromatic heterocycles. The van der Waals surface area contributed by atoms with E-state index in [1.54, 1.807) is 7.11 Å². The standard InChI is InChI=1S/C18H24N4OS/c1-23-16-9-11-20(12-10-16)13-21-18(24)22(15-5-3-2-4-6-15)17(19-21)14-7-8-14/h2-6,14,16H,7-13H2,1H3. The van der Waals surface area contributed by atoms with Crippen LogP contribution in [0.4, 0.5) is 0 Å². The summed E-state index contributed by atoms with van der Waals surface area (Å²) in [4.78, 5) is 2.42. The summed E-state index contributed by atoms with van der Waals surface area (Å²) in [6.07, 6.45) is 5.01. The van der Waals surface area contributed by atoms with Gasteiger partial charge in [0, 0.05) is 31.8 Å². The Morgan fingerprint density at radius 3 is 2.46 bits per heavy atom. The van der Waals surface area contributed by atoms with Crippen molar-refractivity contribution in [1.29, 1.82) is 0 Å². The fourth-order valence-electron chi connectivity index (χ4n) is 3.42. The molecule has 0 amide bonds. The van der Waals surface area contributed by atoms with E-state index in [0.29, 0.717) is 12.0 Å². The van der Waals surface area contributed by atoms with Crippen molar-refractivity contribution in [3.8, 4) is 5.69 Å². The van der Waals surface area contributed by atoms with Gasteiger partial charge < -0.3 is 4.74 Å². The first-order chi connectivity index (χ1) is 11.8. The van der Waals surface area contributed by atoms with E-state index in [1.165, 1.54) is 12.8 Å². The van der Waals surface area contributed by atoms with E-state index >= 15 is 0 Å². The minimum Gasteiger partial charge on any atom is -0.381 e. The smallest absolute Gasteiger partial charge is 0.203 e. The van der Waals surface area contributed by atoms with Gasteiger partial charge in [0.25, 0.3) is 0 Å². The van der Waals surface area contributed by atoms with Crippen LogP contribution in [-0.4, -0.2) is 45.6 Å². The predicted molar refractivity (Wildman–Crippen MR) is 96.0 cm³/mol. The Balaban J connectivity index is 1.60. The number of likely N-dealkylation sites (tertiary alicyclic amines) is 1. The van der Waals surface area contributed by atoms with Gasteiger partial charge in [-0.1, -0.05) is 18.2 Å². The lowest BCUT2D eigenvalue weighted by atomic mass is 10.1. The average molecular weight is 344 g/mol. The van der Waals surface area contributed by atoms with Crippen LogP contribution in [0.1, 0.15) is 37.4 Å². The van der Waals surface area contributed by atoms with Crippen molar-refractivity contribution >= 4 is 12.2 Å². The lowest BCUT2D eigenvalue weighted by Crippen LogP contribution is -2.38. The fraction of sp³-hybridized carbons (Fsp3) is 0.556. The molecule has 1 aromatic carbocycles. The highest BCUT2D eigenvalue weighted by molar-refractivity contribution is 7.71. The first-order valence-corrected chi connectivity index (χ1v) is 9.17. The van der Waals surface area contributed by atoms with Crippen molar-refractivity contribution in [3.05, 3.63) is 40.9 Å². The van der Waals surface area contributed by atoms with Crippen molar-refractivity contribution in [2.24, 2.45) is 0 Å². The van der Waals surface area contributed by atoms with Gasteiger partial charge in [0.2, 0.25) is 4.77 Å². The summed E-state index contributed by atoms with van der Waals surface area (Å²) in [6, 6.07) is 10.4. The molecule has 0 unspecified atom stereocenters. The molecular weight excluding hydrogens is 320 g/mol. The summed E-state index contributed by atoms with van der Waals surface area (Å²) in [7, 11) is 1.81. The van der Waals surface area contributed by atoms with Gasteiger partial charge in [-0.2, -0.15) is 5.10 Å². The molecule has 6 heteroatoms. The second kappa shape index (κ2) is 6.78. The van der Waals surface area contributed by atoms with Gasteiger partial charge >= 0.3 is 0 Å². The van der Waals surface area contributed by atoms with Crippen LogP contribution in [0.3, 0.4) is 0 Å². The van der Waals surface area contributed by atoms with Gasteiger partial charge in [0.15, 0.2) is 0 Å². The summed E-state index contributed by atoms with van der Waals surface area (Å²) in [6.45, 7) is 2.85. The van der Waals surface area contributed by atoms with E-state index in [4.69, 9.17) is 22.1 Å². The number of ether oxygens (including phenoxy) is 1. The molecule has 4 rings (SSSR count). The Labute approximate surface area is 147 Å². The molecule has 1 aliphatic heterocycles. The zero-order valence-electron chi connectivity index (χ0n) is 14.1. The van der Waals surface area contributed by atoms with Crippen LogP contribution in [0, 0.1) is 4.77 Å². The molecule has 0 atom stereocenters. The van der Waals surface area contributed by atoms with Crippen LogP contribution in [0.25, 0.3) is 5.69 Å². The lowest BCUT2D eigenvalue weighted by molar-refractivity contribution is 0.0301. The van der Waals surface area contributed by atoms with E-state index in [0.717, 1.165) is 48.9 Å². The maximum absolute atomic E-state index is 5.77. The second-order valence-electron chi connectivity index (χ2n) is 6.78. The first kappa shape index (κ1) is 16.0. The van der Waals surface area contributed by atoms with Gasteiger partial charge in [-0.05, 0) is 50.0 Å². The van der Waals surface area contributed by atoms with Crippen molar-refractivity contribution < 1.29 is 4.74 Å². The third-order valence-electron chi connectivity index (χ3n) is 5.02. The summed E-state index contributed by atoms with van der Waals surface area (Å²) in [5, 5.41) is 4.88. The molecule has 2 heterocycles. The molecule has 24 heavy (non-hydrogen) atoms. The molecule has 1 aliphatic carbocycles. The van der Waals surface area contributed by atoms with E-state index < -0.39 is 0 Å². The Morgan fingerprint density at radius 1 is 1.12 bits per heavy atom. The minimum absolute atomic E-state index is 0.401. The molecule has 2 aliphatic rings. The highest BCUT2D eigenvalue weighted by Crippen LogP contribution is 2.40. The van der Waals surface area contributed by atoms with Crippen LogP contribution in [-0.2, 0) is 11.4 Å². The van der Waals surface area contributed by atoms with Crippen molar-refractivity contribution in [3.63, 3.8) is 0 Å². The normalized spacial score (nSPS) is 19.7. The molecule has 5 nitrogen and oxygen atoms in total. The number of benzene rings is 1. The minimum atomic E-state index is 0.401. The Kier molecular flexibility index (Phi) is 4.52. The van der Waals surface area contributed by atoms with E-state index in [9.17, 15) is 0 Å². The van der Waals surface area contributed by atoms with E-state index in [-0.39, 0.29) is 0 Å². The van der Waals surface area contributed by atoms with Crippen LogP contribution in [0.2, 0.25) is 0 Å². The topological polar surface area (TPSA) is 35.2 Å². The van der Waals surface area contributed by atoms with Crippen LogP contribution in [0.5, 0.6) is 0 Å². The molecule has 1 saturated carbocycles. The summed E-state index contributed by atoms with van der Waals surface area (Å²) >= 11 is 5.77. The zero-order chi connectivity index (χ0) is 16.5. The van der Waals surface area contributed by atoms with E-state index in [1.807, 2.05) is 10.7 Å². The fourth-order valence-corrected chi connectivity index (χ4v) is 3.72. The zero-order valence-corrected chi connectivity index (χ0v) is 14.9. The van der Waals surface area contributed by atoms with Gasteiger partial charge in [-0.25, -0.2) is 4.68 Å². The van der Waals surface area contributed by atoms with Crippen molar-refractivity contribution in [1.82, 2.24) is 19.2 Å². The first-order valence-electron chi connectivity index (χ1n) is 8.76. The number of nitrogens with zero attached hydrogens (tertiary/aromatic N) is 4. The number of methoxy groups -OCH3 is 1. The molecule has 0 N–H and O–H groups in total. The highest BCUT2D eigenvalue weighted by atomic mass is 32.1. The number of hydrogen-bond donors (Lipinski definition) is 0. The lowest BCUT2D eigenvalue weighted by Gasteiger charge is -2.30. The number of hydrogen-bond acceptors (Lipinski definition) is 4. The van der Waals surface area contributed by atoms with Crippen molar-refractivity contribution in [2.75, 3.05) is 20.2 Å². The molecule has 2 aromatic rings. The molecule has 0 radical (unpaired) electrons. The molecule has 0 spiro atoms. The maximum atomic E-state index is 5.77. The average Bonchev–Trinajstić information content (AvgIpc) is 3.42. The molecule has 2 fully saturated rings. The molecule has 1 saturated heterocycles. The van der Waals surface area contributed by atoms with Gasteiger partial charge in [0.05, 0.1) is 12.8 Å². The molecule has 0 bridgehead atoms. The third-order valence-corrected chi connectivity index (χ3v) is 5.42. The third kappa shape index (κ3) is 3.18. The Bertz CT molecular complexity index is 742. The monoisotopic (exact) mass is 344 g/mol. The van der Waals surface area contributed by atoms with Crippen LogP contribution >= 0.6 is 12.2 Å².